The van der Waals surface area contributed by atoms with Gasteiger partial charge in [-0.1, -0.05) is 97.5 Å². The lowest BCUT2D eigenvalue weighted by Crippen LogP contribution is -2.57. The Kier molecular flexibility index (Phi) is 14.9. The first-order chi connectivity index (χ1) is 38.9. The van der Waals surface area contributed by atoms with Crippen LogP contribution >= 0.6 is 0 Å². The molecule has 3 amide bonds. The molecule has 3 fully saturated rings. The van der Waals surface area contributed by atoms with Crippen molar-refractivity contribution in [1.82, 2.24) is 9.80 Å². The van der Waals surface area contributed by atoms with Crippen molar-refractivity contribution in [2.45, 2.75) is 93.3 Å². The fourth-order valence-corrected chi connectivity index (χ4v) is 12.7. The van der Waals surface area contributed by atoms with E-state index in [0.29, 0.717) is 64.3 Å². The van der Waals surface area contributed by atoms with Crippen molar-refractivity contribution in [2.75, 3.05) is 38.9 Å². The fraction of sp³-hybridized carbons (Fsp3) is 0.333. The molecule has 2 saturated heterocycles. The molecule has 80 heavy (non-hydrogen) atoms. The van der Waals surface area contributed by atoms with Crippen LogP contribution in [-0.4, -0.2) is 94.4 Å². The summed E-state index contributed by atoms with van der Waals surface area (Å²) in [7, 11) is 3.08. The summed E-state index contributed by atoms with van der Waals surface area (Å²) >= 11 is 0. The van der Waals surface area contributed by atoms with Gasteiger partial charge >= 0.3 is 12.1 Å². The van der Waals surface area contributed by atoms with Gasteiger partial charge in [0.25, 0.3) is 5.69 Å². The van der Waals surface area contributed by atoms with E-state index in [9.17, 15) is 20.3 Å². The number of cyclic esters (lactones) is 1. The number of non-ortho nitro benzene ring substituents is 1. The fourth-order valence-electron chi connectivity index (χ4n) is 12.7. The highest BCUT2D eigenvalue weighted by Gasteiger charge is 2.76. The van der Waals surface area contributed by atoms with E-state index in [2.05, 4.69) is 11.8 Å². The van der Waals surface area contributed by atoms with Gasteiger partial charge in [0.05, 0.1) is 49.4 Å². The van der Waals surface area contributed by atoms with Crippen molar-refractivity contribution >= 4 is 35.3 Å². The zero-order valence-electron chi connectivity index (χ0n) is 44.3. The van der Waals surface area contributed by atoms with Crippen LogP contribution < -0.4 is 19.1 Å². The minimum absolute atomic E-state index is 0.0545. The van der Waals surface area contributed by atoms with Gasteiger partial charge in [-0.05, 0) is 126 Å². The predicted octanol–water partition coefficient (Wildman–Crippen LogP) is 9.01. The summed E-state index contributed by atoms with van der Waals surface area (Å²) in [5.74, 6) is 3.87. The lowest BCUT2D eigenvalue weighted by Gasteiger charge is -2.46. The number of imide groups is 1. The minimum atomic E-state index is -2.19. The molecular formula is C63H60N4O13. The second-order valence-electron chi connectivity index (χ2n) is 20.9. The van der Waals surface area contributed by atoms with E-state index in [4.69, 9.17) is 23.7 Å². The van der Waals surface area contributed by atoms with E-state index in [-0.39, 0.29) is 43.2 Å². The molecule has 6 aromatic carbocycles. The number of carbonyl (C=O) groups excluding carboxylic acids is 4. The Balaban J connectivity index is 1.17. The molecule has 6 aromatic rings. The number of methoxy groups -OCH3 is 2. The van der Waals surface area contributed by atoms with Crippen LogP contribution in [-0.2, 0) is 48.8 Å². The molecule has 2 N–H and O–H groups in total. The first-order valence-electron chi connectivity index (χ1n) is 27.0. The van der Waals surface area contributed by atoms with Gasteiger partial charge < -0.3 is 38.8 Å². The molecule has 1 spiro atoms. The van der Waals surface area contributed by atoms with E-state index in [0.717, 1.165) is 41.7 Å². The maximum Gasteiger partial charge on any atom is 0.421 e. The number of aliphatic hydroxyl groups is 2. The van der Waals surface area contributed by atoms with Crippen molar-refractivity contribution < 1.29 is 58.0 Å². The molecule has 5 aliphatic rings. The normalized spacial score (nSPS) is 22.9. The lowest BCUT2D eigenvalue weighted by atomic mass is 9.64. The standard InChI is InChI=1S/C63H60N4O13/c1-76-51-36-44-27-31-64(38-46(44)37-52(51)77-2)58(69)53-55-59(70)80-56(43-16-9-6-10-17-43)54(42-14-7-5-8-15-42)66(55)57(45-18-13-19-48(35-45)78-33-32-68)63(53)49-34-40(26-30-62(73)28-11-3-4-12-29-62)22-25-50(49)65(60(63)71)61(72)79-39-41-20-23-47(24-21-41)67(74)75/h5-10,13-25,34-37,53-57,68,73H,3-4,11-12,27-29,31-33,38-39H2,1-2H3. The van der Waals surface area contributed by atoms with Gasteiger partial charge in [0, 0.05) is 30.8 Å². The number of hydrogen-bond donors (Lipinski definition) is 2. The third kappa shape index (κ3) is 9.67. The Morgan fingerprint density at radius 3 is 2.14 bits per heavy atom. The van der Waals surface area contributed by atoms with Gasteiger partial charge in [-0.15, -0.1) is 0 Å². The van der Waals surface area contributed by atoms with Crippen molar-refractivity contribution in [1.29, 1.82) is 0 Å². The van der Waals surface area contributed by atoms with Crippen LogP contribution in [0.3, 0.4) is 0 Å². The number of nitro groups is 1. The van der Waals surface area contributed by atoms with Gasteiger partial charge in [-0.2, -0.15) is 0 Å². The smallest absolute Gasteiger partial charge is 0.421 e. The summed E-state index contributed by atoms with van der Waals surface area (Å²) in [6.07, 6.45) is 2.72. The van der Waals surface area contributed by atoms with E-state index in [1.165, 1.54) is 31.4 Å². The number of nitro benzene ring substituents is 1. The highest BCUT2D eigenvalue weighted by atomic mass is 16.6. The first-order valence-corrected chi connectivity index (χ1v) is 27.0. The molecule has 17 nitrogen and oxygen atoms in total. The number of ether oxygens (including phenoxy) is 5. The molecule has 1 saturated carbocycles. The van der Waals surface area contributed by atoms with Gasteiger partial charge in [0.2, 0.25) is 11.8 Å². The molecule has 1 aliphatic carbocycles. The SMILES string of the molecule is COc1cc2c(cc1OC)CN(C(=O)C1C3C(=O)OC(c4ccccc4)C(c4ccccc4)N3C(c3cccc(OCCO)c3)C13C(=O)N(C(=O)OCc1ccc([N+](=O)[O-])cc1)c1ccc(C#CC4(O)CCCCCC4)cc13)CC2. The second-order valence-corrected chi connectivity index (χ2v) is 20.9. The maximum absolute atomic E-state index is 17.0. The zero-order valence-corrected chi connectivity index (χ0v) is 44.3. The van der Waals surface area contributed by atoms with Crippen molar-refractivity contribution in [3.8, 4) is 29.1 Å². The number of rotatable bonds is 12. The van der Waals surface area contributed by atoms with Crippen LogP contribution in [0.15, 0.2) is 140 Å². The van der Waals surface area contributed by atoms with E-state index in [1.54, 1.807) is 54.5 Å². The number of esters is 1. The van der Waals surface area contributed by atoms with Crippen LogP contribution in [0.5, 0.6) is 17.2 Å². The molecule has 0 aromatic heterocycles. The summed E-state index contributed by atoms with van der Waals surface area (Å²) in [4.78, 5) is 80.3. The Labute approximate surface area is 462 Å². The third-order valence-corrected chi connectivity index (χ3v) is 16.4. The molecule has 6 unspecified atom stereocenters. The molecule has 4 heterocycles. The Morgan fingerprint density at radius 2 is 1.46 bits per heavy atom. The summed E-state index contributed by atoms with van der Waals surface area (Å²) < 4.78 is 30.2. The largest absolute Gasteiger partial charge is 0.493 e. The number of carbonyl (C=O) groups is 4. The van der Waals surface area contributed by atoms with Crippen molar-refractivity contribution in [3.63, 3.8) is 0 Å². The third-order valence-electron chi connectivity index (χ3n) is 16.4. The molecular weight excluding hydrogens is 1020 g/mol. The zero-order chi connectivity index (χ0) is 55.7. The molecule has 0 radical (unpaired) electrons. The van der Waals surface area contributed by atoms with E-state index >= 15 is 19.2 Å². The highest BCUT2D eigenvalue weighted by Crippen LogP contribution is 2.66. The van der Waals surface area contributed by atoms with Crippen LogP contribution in [0, 0.1) is 27.9 Å². The Hall–Kier alpha value is -8.56. The number of anilines is 1. The maximum atomic E-state index is 17.0. The predicted molar refractivity (Wildman–Crippen MR) is 292 cm³/mol. The van der Waals surface area contributed by atoms with Gasteiger partial charge in [0.15, 0.2) is 11.5 Å². The number of benzene rings is 6. The van der Waals surface area contributed by atoms with Crippen molar-refractivity contribution in [3.05, 3.63) is 194 Å². The number of morpholine rings is 1. The Bertz CT molecular complexity index is 3410. The first kappa shape index (κ1) is 53.4. The quantitative estimate of drug-likeness (QED) is 0.0386. The van der Waals surface area contributed by atoms with Crippen LogP contribution in [0.4, 0.5) is 16.2 Å². The van der Waals surface area contributed by atoms with Gasteiger partial charge in [-0.3, -0.25) is 29.4 Å². The molecule has 11 rings (SSSR count). The van der Waals surface area contributed by atoms with Gasteiger partial charge in [-0.25, -0.2) is 9.69 Å². The van der Waals surface area contributed by atoms with E-state index < -0.39 is 76.6 Å². The summed E-state index contributed by atoms with van der Waals surface area (Å²) in [5.41, 5.74) is 0.870. The molecule has 17 heteroatoms. The monoisotopic (exact) mass is 1080 g/mol. The lowest BCUT2D eigenvalue weighted by molar-refractivity contribution is -0.384. The molecule has 4 aliphatic heterocycles. The van der Waals surface area contributed by atoms with E-state index in [1.807, 2.05) is 77.7 Å². The number of fused-ring (bicyclic) bond motifs is 4. The van der Waals surface area contributed by atoms with Crippen LogP contribution in [0.25, 0.3) is 0 Å². The summed E-state index contributed by atoms with van der Waals surface area (Å²) in [5, 5.41) is 33.4. The molecule has 0 bridgehead atoms. The molecule has 410 valence electrons. The minimum Gasteiger partial charge on any atom is -0.493 e. The number of amides is 3. The van der Waals surface area contributed by atoms with Gasteiger partial charge in [0.1, 0.15) is 42.1 Å². The number of nitrogens with zero attached hydrogens (tertiary/aromatic N) is 4. The van der Waals surface area contributed by atoms with Crippen LogP contribution in [0.1, 0.15) is 101 Å². The Morgan fingerprint density at radius 1 is 0.787 bits per heavy atom. The molecule has 6 atom stereocenters. The topological polar surface area (TPSA) is 208 Å². The summed E-state index contributed by atoms with van der Waals surface area (Å²) in [6, 6.07) is 36.1. The number of aliphatic hydroxyl groups excluding tert-OH is 1. The summed E-state index contributed by atoms with van der Waals surface area (Å²) in [6.45, 7) is -0.537. The highest BCUT2D eigenvalue weighted by molar-refractivity contribution is 6.23. The average Bonchev–Trinajstić information content (AvgIpc) is 3.73. The second kappa shape index (κ2) is 22.3. The average molecular weight is 1080 g/mol. The van der Waals surface area contributed by atoms with Crippen molar-refractivity contribution in [2.24, 2.45) is 5.92 Å². The number of hydrogen-bond acceptors (Lipinski definition) is 14. The van der Waals surface area contributed by atoms with Crippen LogP contribution in [0.2, 0.25) is 0 Å².